The lowest BCUT2D eigenvalue weighted by Crippen LogP contribution is -2.49. The molecule has 3 saturated carbocycles. The lowest BCUT2D eigenvalue weighted by atomic mass is 9.47. The Morgan fingerprint density at radius 3 is 2.41 bits per heavy atom. The van der Waals surface area contributed by atoms with Crippen molar-refractivity contribution in [1.82, 2.24) is 0 Å². The van der Waals surface area contributed by atoms with Crippen molar-refractivity contribution in [3.05, 3.63) is 23.8 Å². The third-order valence-electron chi connectivity index (χ3n) is 11.5. The number of hydrogen-bond acceptors (Lipinski definition) is 1. The van der Waals surface area contributed by atoms with Crippen molar-refractivity contribution < 1.29 is 5.11 Å². The second-order valence-electron chi connectivity index (χ2n) is 13.3. The van der Waals surface area contributed by atoms with Gasteiger partial charge < -0.3 is 5.11 Å². The largest absolute Gasteiger partial charge is 0.393 e. The smallest absolute Gasteiger partial charge is 0.0543 e. The summed E-state index contributed by atoms with van der Waals surface area (Å²) < 4.78 is 0. The minimum atomic E-state index is -0.0488. The summed E-state index contributed by atoms with van der Waals surface area (Å²) in [6, 6.07) is 0. The predicted molar refractivity (Wildman–Crippen MR) is 137 cm³/mol. The van der Waals surface area contributed by atoms with Crippen LogP contribution < -0.4 is 0 Å². The van der Waals surface area contributed by atoms with Crippen molar-refractivity contribution in [3.8, 4) is 0 Å². The topological polar surface area (TPSA) is 20.2 Å². The monoisotopic (exact) mass is 440 g/mol. The molecule has 0 saturated heterocycles. The highest BCUT2D eigenvalue weighted by Gasteiger charge is 2.58. The van der Waals surface area contributed by atoms with Crippen molar-refractivity contribution in [2.45, 2.75) is 118 Å². The van der Waals surface area contributed by atoms with Gasteiger partial charge in [0.15, 0.2) is 0 Å². The molecule has 0 heterocycles. The maximum Gasteiger partial charge on any atom is 0.0543 e. The van der Waals surface area contributed by atoms with Crippen LogP contribution in [0.4, 0.5) is 0 Å². The van der Waals surface area contributed by atoms with E-state index in [0.29, 0.717) is 28.6 Å². The van der Waals surface area contributed by atoms with E-state index in [2.05, 4.69) is 54.2 Å². The van der Waals surface area contributed by atoms with E-state index in [1.807, 2.05) is 5.57 Å². The average Bonchev–Trinajstić information content (AvgIpc) is 3.11. The van der Waals surface area contributed by atoms with E-state index in [9.17, 15) is 5.11 Å². The molecule has 1 N–H and O–H groups in total. The van der Waals surface area contributed by atoms with Crippen LogP contribution >= 0.6 is 0 Å². The standard InChI is InChI=1S/C31H52O/c1-8-23(22(5)20(2)3)10-9-21(4)27-13-14-28-26-12-11-24-19-25(32)15-17-30(24,6)29(26)16-18-31(27,28)7/h12,20-21,23-25,27-29,32H,5,8-11,13-19H2,1-4,6-7H3/t21-,23+,24+,25+,27-,28+,29+,30+,31-/m1/s1. The molecule has 0 aromatic rings. The molecule has 0 amide bonds. The molecule has 1 heteroatoms. The van der Waals surface area contributed by atoms with Gasteiger partial charge in [-0.1, -0.05) is 65.3 Å². The van der Waals surface area contributed by atoms with E-state index in [-0.39, 0.29) is 6.10 Å². The molecule has 0 aromatic carbocycles. The van der Waals surface area contributed by atoms with Gasteiger partial charge >= 0.3 is 0 Å². The summed E-state index contributed by atoms with van der Waals surface area (Å²) in [6.45, 7) is 19.3. The molecule has 4 aliphatic carbocycles. The van der Waals surface area contributed by atoms with Gasteiger partial charge in [-0.15, -0.1) is 0 Å². The molecule has 0 bridgehead atoms. The first-order valence-corrected chi connectivity index (χ1v) is 14.2. The van der Waals surface area contributed by atoms with Gasteiger partial charge in [-0.3, -0.25) is 0 Å². The first-order valence-electron chi connectivity index (χ1n) is 14.2. The maximum absolute atomic E-state index is 10.3. The highest BCUT2D eigenvalue weighted by atomic mass is 16.3. The Balaban J connectivity index is 1.46. The van der Waals surface area contributed by atoms with Crippen LogP contribution in [-0.2, 0) is 0 Å². The molecule has 182 valence electrons. The van der Waals surface area contributed by atoms with Gasteiger partial charge in [0, 0.05) is 0 Å². The first-order chi connectivity index (χ1) is 15.1. The Morgan fingerprint density at radius 1 is 1.03 bits per heavy atom. The van der Waals surface area contributed by atoms with Crippen LogP contribution in [0.5, 0.6) is 0 Å². The third-order valence-corrected chi connectivity index (χ3v) is 11.5. The molecule has 3 fully saturated rings. The van der Waals surface area contributed by atoms with Gasteiger partial charge in [-0.25, -0.2) is 0 Å². The summed E-state index contributed by atoms with van der Waals surface area (Å²) in [5, 5.41) is 10.3. The van der Waals surface area contributed by atoms with Crippen LogP contribution in [0.15, 0.2) is 23.8 Å². The van der Waals surface area contributed by atoms with Gasteiger partial charge in [-0.05, 0) is 123 Å². The molecule has 0 radical (unpaired) electrons. The number of hydrogen-bond donors (Lipinski definition) is 1. The molecular formula is C31H52O. The van der Waals surface area contributed by atoms with E-state index in [0.717, 1.165) is 36.5 Å². The maximum atomic E-state index is 10.3. The molecule has 32 heavy (non-hydrogen) atoms. The summed E-state index contributed by atoms with van der Waals surface area (Å²) in [6.07, 6.45) is 16.8. The molecule has 4 aliphatic rings. The molecule has 9 atom stereocenters. The quantitative estimate of drug-likeness (QED) is 0.393. The lowest BCUT2D eigenvalue weighted by molar-refractivity contribution is -0.0428. The summed E-state index contributed by atoms with van der Waals surface area (Å²) in [5.74, 6) is 5.36. The van der Waals surface area contributed by atoms with Crippen LogP contribution in [0, 0.1) is 52.3 Å². The van der Waals surface area contributed by atoms with Gasteiger partial charge in [0.05, 0.1) is 6.10 Å². The molecule has 0 unspecified atom stereocenters. The zero-order valence-electron chi connectivity index (χ0n) is 22.1. The summed E-state index contributed by atoms with van der Waals surface area (Å²) in [7, 11) is 0. The first kappa shape index (κ1) is 24.6. The highest BCUT2D eigenvalue weighted by Crippen LogP contribution is 2.67. The lowest BCUT2D eigenvalue weighted by Gasteiger charge is -2.57. The Labute approximate surface area is 199 Å². The number of aliphatic hydroxyl groups is 1. The van der Waals surface area contributed by atoms with Crippen LogP contribution in [-0.4, -0.2) is 11.2 Å². The van der Waals surface area contributed by atoms with Crippen molar-refractivity contribution in [2.24, 2.45) is 52.3 Å². The number of fused-ring (bicyclic) bond motifs is 5. The average molecular weight is 441 g/mol. The number of allylic oxidation sites excluding steroid dienone is 3. The van der Waals surface area contributed by atoms with Crippen molar-refractivity contribution in [3.63, 3.8) is 0 Å². The highest BCUT2D eigenvalue weighted by molar-refractivity contribution is 5.27. The summed E-state index contributed by atoms with van der Waals surface area (Å²) in [5.41, 5.74) is 4.29. The summed E-state index contributed by atoms with van der Waals surface area (Å²) >= 11 is 0. The fourth-order valence-corrected chi connectivity index (χ4v) is 9.25. The fourth-order valence-electron chi connectivity index (χ4n) is 9.25. The fraction of sp³-hybridized carbons (Fsp3) is 0.871. The van der Waals surface area contributed by atoms with Crippen molar-refractivity contribution >= 4 is 0 Å². The Kier molecular flexibility index (Phi) is 7.09. The third kappa shape index (κ3) is 4.08. The molecule has 4 rings (SSSR count). The SMILES string of the molecule is C=C(C(C)C)[C@@H](CC)CC[C@@H](C)[C@H]1CC[C@H]2C3=CC[C@H]4C[C@@H](O)CC[C@]4(C)[C@H]3CC[C@]12C. The van der Waals surface area contributed by atoms with Gasteiger partial charge in [0.1, 0.15) is 0 Å². The van der Waals surface area contributed by atoms with E-state index in [4.69, 9.17) is 0 Å². The molecule has 0 aromatic heterocycles. The van der Waals surface area contributed by atoms with E-state index < -0.39 is 0 Å². The second-order valence-corrected chi connectivity index (χ2v) is 13.3. The second kappa shape index (κ2) is 9.24. The number of rotatable bonds is 7. The Morgan fingerprint density at radius 2 is 1.72 bits per heavy atom. The van der Waals surface area contributed by atoms with Gasteiger partial charge in [-0.2, -0.15) is 0 Å². The molecule has 0 spiro atoms. The normalized spacial score (nSPS) is 43.1. The van der Waals surface area contributed by atoms with Crippen LogP contribution in [0.1, 0.15) is 112 Å². The number of aliphatic hydroxyl groups excluding tert-OH is 1. The minimum Gasteiger partial charge on any atom is -0.393 e. The van der Waals surface area contributed by atoms with Crippen LogP contribution in [0.3, 0.4) is 0 Å². The Bertz CT molecular complexity index is 718. The molecular weight excluding hydrogens is 388 g/mol. The van der Waals surface area contributed by atoms with E-state index in [1.165, 1.54) is 63.4 Å². The van der Waals surface area contributed by atoms with Gasteiger partial charge in [0.2, 0.25) is 0 Å². The van der Waals surface area contributed by atoms with Gasteiger partial charge in [0.25, 0.3) is 0 Å². The molecule has 1 nitrogen and oxygen atoms in total. The Hall–Kier alpha value is -0.560. The summed E-state index contributed by atoms with van der Waals surface area (Å²) in [4.78, 5) is 0. The zero-order valence-corrected chi connectivity index (χ0v) is 22.1. The van der Waals surface area contributed by atoms with Crippen LogP contribution in [0.2, 0.25) is 0 Å². The molecule has 0 aliphatic heterocycles. The minimum absolute atomic E-state index is 0.0488. The van der Waals surface area contributed by atoms with Crippen LogP contribution in [0.25, 0.3) is 0 Å². The van der Waals surface area contributed by atoms with Crippen molar-refractivity contribution in [1.29, 1.82) is 0 Å². The van der Waals surface area contributed by atoms with E-state index >= 15 is 0 Å². The zero-order chi connectivity index (χ0) is 23.3. The van der Waals surface area contributed by atoms with Crippen molar-refractivity contribution in [2.75, 3.05) is 0 Å². The van der Waals surface area contributed by atoms with E-state index in [1.54, 1.807) is 0 Å². The predicted octanol–water partition coefficient (Wildman–Crippen LogP) is 8.58.